The fourth-order valence-electron chi connectivity index (χ4n) is 1.60. The van der Waals surface area contributed by atoms with Crippen LogP contribution in [-0.4, -0.2) is 28.7 Å². The van der Waals surface area contributed by atoms with Crippen LogP contribution in [0, 0.1) is 6.92 Å². The van der Waals surface area contributed by atoms with Gasteiger partial charge in [0.1, 0.15) is 0 Å². The zero-order valence-corrected chi connectivity index (χ0v) is 15.1. The molecule has 0 radical (unpaired) electrons. The average molecular weight is 401 g/mol. The van der Waals surface area contributed by atoms with Crippen LogP contribution in [0.2, 0.25) is 0 Å². The number of nitrogens with one attached hydrogen (secondary N) is 2. The van der Waals surface area contributed by atoms with Crippen LogP contribution in [0.3, 0.4) is 0 Å². The van der Waals surface area contributed by atoms with Crippen molar-refractivity contribution in [3.8, 4) is 0 Å². The van der Waals surface area contributed by atoms with E-state index in [1.54, 1.807) is 5.32 Å². The molecule has 0 spiro atoms. The second-order valence-corrected chi connectivity index (χ2v) is 6.34. The van der Waals surface area contributed by atoms with E-state index in [2.05, 4.69) is 23.8 Å². The quantitative estimate of drug-likeness (QED) is 0.732. The highest BCUT2D eigenvalue weighted by atomic mass is 32.2. The average Bonchev–Trinajstić information content (AvgIpc) is 2.62. The number of alkyl halides is 3. The lowest BCUT2D eigenvalue weighted by atomic mass is 10.2. The Morgan fingerprint density at radius 1 is 1.04 bits per heavy atom. The lowest BCUT2D eigenvalue weighted by molar-refractivity contribution is -0.167. The van der Waals surface area contributed by atoms with Gasteiger partial charge in [-0.1, -0.05) is 35.9 Å². The van der Waals surface area contributed by atoms with Crippen LogP contribution < -0.4 is 15.8 Å². The first-order valence-electron chi connectivity index (χ1n) is 7.54. The third-order valence-corrected chi connectivity index (χ3v) is 4.03. The summed E-state index contributed by atoms with van der Waals surface area (Å²) in [5.41, 5.74) is 6.23. The molecule has 0 saturated carbocycles. The summed E-state index contributed by atoms with van der Waals surface area (Å²) in [5, 5.41) is 1.63. The third-order valence-electron chi connectivity index (χ3n) is 2.92. The lowest BCUT2D eigenvalue weighted by Crippen LogP contribution is -2.31. The SMILES string of the molecule is Cc1ccccc1.NCC(=O)NS(=O)c1ccc(NC(=O)C(F)(F)F)cc1. The van der Waals surface area contributed by atoms with Crippen molar-refractivity contribution in [1.82, 2.24) is 4.72 Å². The number of hydrogen-bond donors (Lipinski definition) is 3. The molecule has 1 atom stereocenters. The molecule has 0 aliphatic rings. The van der Waals surface area contributed by atoms with Crippen molar-refractivity contribution >= 4 is 28.5 Å². The van der Waals surface area contributed by atoms with Gasteiger partial charge in [0.25, 0.3) is 0 Å². The van der Waals surface area contributed by atoms with Crippen LogP contribution >= 0.6 is 0 Å². The summed E-state index contributed by atoms with van der Waals surface area (Å²) < 4.78 is 49.6. The minimum atomic E-state index is -4.99. The number of hydrogen-bond acceptors (Lipinski definition) is 4. The Bertz CT molecular complexity index is 782. The fourth-order valence-corrected chi connectivity index (χ4v) is 2.39. The van der Waals surface area contributed by atoms with Crippen molar-refractivity contribution in [2.24, 2.45) is 5.73 Å². The number of rotatable bonds is 4. The molecule has 27 heavy (non-hydrogen) atoms. The first-order chi connectivity index (χ1) is 12.6. The fraction of sp³-hybridized carbons (Fsp3) is 0.176. The van der Waals surface area contributed by atoms with Gasteiger partial charge in [0, 0.05) is 5.69 Å². The summed E-state index contributed by atoms with van der Waals surface area (Å²) in [6.07, 6.45) is -4.99. The summed E-state index contributed by atoms with van der Waals surface area (Å²) in [7, 11) is -1.87. The number of carbonyl (C=O) groups excluding carboxylic acids is 2. The summed E-state index contributed by atoms with van der Waals surface area (Å²) in [5.74, 6) is -2.75. The first-order valence-corrected chi connectivity index (χ1v) is 8.69. The molecule has 0 saturated heterocycles. The van der Waals surface area contributed by atoms with E-state index in [-0.39, 0.29) is 17.1 Å². The van der Waals surface area contributed by atoms with E-state index in [0.717, 1.165) is 12.1 Å². The van der Waals surface area contributed by atoms with Gasteiger partial charge in [0.2, 0.25) is 5.91 Å². The van der Waals surface area contributed by atoms with Crippen molar-refractivity contribution in [3.63, 3.8) is 0 Å². The number of amides is 2. The Morgan fingerprint density at radius 2 is 1.59 bits per heavy atom. The molecule has 1 unspecified atom stereocenters. The van der Waals surface area contributed by atoms with Gasteiger partial charge >= 0.3 is 12.1 Å². The van der Waals surface area contributed by atoms with Crippen LogP contribution in [0.4, 0.5) is 18.9 Å². The van der Waals surface area contributed by atoms with Gasteiger partial charge in [-0.15, -0.1) is 0 Å². The third kappa shape index (κ3) is 8.47. The monoisotopic (exact) mass is 401 g/mol. The highest BCUT2D eigenvalue weighted by Crippen LogP contribution is 2.19. The Hall–Kier alpha value is -2.72. The Labute approximate surface area is 156 Å². The van der Waals surface area contributed by atoms with E-state index in [1.807, 2.05) is 18.2 Å². The molecule has 4 N–H and O–H groups in total. The summed E-state index contributed by atoms with van der Waals surface area (Å²) in [4.78, 5) is 21.7. The second-order valence-electron chi connectivity index (χ2n) is 5.13. The van der Waals surface area contributed by atoms with Gasteiger partial charge in [0.15, 0.2) is 11.0 Å². The van der Waals surface area contributed by atoms with Crippen LogP contribution in [0.15, 0.2) is 59.5 Å². The Morgan fingerprint density at radius 3 is 2.00 bits per heavy atom. The van der Waals surface area contributed by atoms with E-state index >= 15 is 0 Å². The van der Waals surface area contributed by atoms with Crippen LogP contribution in [0.1, 0.15) is 5.56 Å². The molecule has 0 aromatic heterocycles. The standard InChI is InChI=1S/C10H10F3N3O3S.C7H8/c11-10(12,13)9(18)15-6-1-3-7(4-2-6)20(19)16-8(17)5-14;1-7-5-3-2-4-6-7/h1-4H,5,14H2,(H,15,18)(H,16,17);2-6H,1H3. The second kappa shape index (κ2) is 10.4. The maximum Gasteiger partial charge on any atom is 0.471 e. The van der Waals surface area contributed by atoms with E-state index in [9.17, 15) is 27.0 Å². The minimum absolute atomic E-state index is 0.113. The van der Waals surface area contributed by atoms with Gasteiger partial charge in [-0.05, 0) is 31.2 Å². The number of halogens is 3. The maximum absolute atomic E-state index is 12.0. The van der Waals surface area contributed by atoms with Crippen LogP contribution in [0.5, 0.6) is 0 Å². The van der Waals surface area contributed by atoms with Crippen molar-refractivity contribution in [2.45, 2.75) is 18.0 Å². The minimum Gasteiger partial charge on any atom is -0.322 e. The zero-order valence-electron chi connectivity index (χ0n) is 14.2. The van der Waals surface area contributed by atoms with Gasteiger partial charge in [-0.25, -0.2) is 4.21 Å². The highest BCUT2D eigenvalue weighted by molar-refractivity contribution is 7.83. The molecule has 6 nitrogen and oxygen atoms in total. The van der Waals surface area contributed by atoms with E-state index < -0.39 is 29.0 Å². The van der Waals surface area contributed by atoms with Crippen molar-refractivity contribution in [3.05, 3.63) is 60.2 Å². The smallest absolute Gasteiger partial charge is 0.322 e. The van der Waals surface area contributed by atoms with E-state index in [1.165, 1.54) is 17.7 Å². The molecule has 2 amide bonds. The van der Waals surface area contributed by atoms with Gasteiger partial charge in [-0.2, -0.15) is 13.2 Å². The molecule has 10 heteroatoms. The molecule has 0 aliphatic carbocycles. The number of anilines is 1. The zero-order chi connectivity index (χ0) is 20.4. The maximum atomic E-state index is 12.0. The largest absolute Gasteiger partial charge is 0.471 e. The molecular weight excluding hydrogens is 383 g/mol. The topological polar surface area (TPSA) is 101 Å². The van der Waals surface area contributed by atoms with Crippen LogP contribution in [0.25, 0.3) is 0 Å². The van der Waals surface area contributed by atoms with E-state index in [4.69, 9.17) is 5.73 Å². The first kappa shape index (κ1) is 22.3. The van der Waals surface area contributed by atoms with Crippen molar-refractivity contribution in [2.75, 3.05) is 11.9 Å². The summed E-state index contributed by atoms with van der Waals surface area (Å²) >= 11 is 0. The number of carbonyl (C=O) groups is 2. The number of aryl methyl sites for hydroxylation is 1. The molecule has 2 rings (SSSR count). The van der Waals surface area contributed by atoms with Gasteiger partial charge < -0.3 is 11.1 Å². The molecule has 146 valence electrons. The molecule has 0 bridgehead atoms. The Kier molecular flexibility index (Phi) is 8.63. The molecule has 2 aromatic rings. The molecular formula is C17H18F3N3O3S. The predicted molar refractivity (Wildman–Crippen MR) is 95.9 cm³/mol. The summed E-state index contributed by atoms with van der Waals surface area (Å²) in [6, 6.07) is 14.9. The summed E-state index contributed by atoms with van der Waals surface area (Å²) in [6.45, 7) is 1.74. The van der Waals surface area contributed by atoms with Gasteiger partial charge in [0.05, 0.1) is 11.4 Å². The molecule has 2 aromatic carbocycles. The number of nitrogens with two attached hydrogens (primary N) is 1. The normalized spacial score (nSPS) is 11.6. The van der Waals surface area contributed by atoms with Crippen molar-refractivity contribution < 1.29 is 27.0 Å². The molecule has 0 fully saturated rings. The van der Waals surface area contributed by atoms with Crippen molar-refractivity contribution in [1.29, 1.82) is 0 Å². The Balaban J connectivity index is 0.000000433. The lowest BCUT2D eigenvalue weighted by Gasteiger charge is -2.08. The van der Waals surface area contributed by atoms with Gasteiger partial charge in [-0.3, -0.25) is 14.3 Å². The number of benzene rings is 2. The van der Waals surface area contributed by atoms with Crippen LogP contribution in [-0.2, 0) is 20.6 Å². The van der Waals surface area contributed by atoms with E-state index in [0.29, 0.717) is 0 Å². The predicted octanol–water partition coefficient (Wildman–Crippen LogP) is 2.28. The highest BCUT2D eigenvalue weighted by Gasteiger charge is 2.38. The molecule has 0 heterocycles. The molecule has 0 aliphatic heterocycles.